The molecule has 0 bridgehead atoms. The fourth-order valence-electron chi connectivity index (χ4n) is 2.27. The van der Waals surface area contributed by atoms with Gasteiger partial charge in [0.05, 0.1) is 5.01 Å². The molecular weight excluding hydrogens is 228 g/mol. The van der Waals surface area contributed by atoms with E-state index in [0.29, 0.717) is 5.41 Å². The number of hydrogen-bond donors (Lipinski definition) is 1. The van der Waals surface area contributed by atoms with E-state index in [1.54, 1.807) is 0 Å². The van der Waals surface area contributed by atoms with Crippen LogP contribution in [0.5, 0.6) is 0 Å². The van der Waals surface area contributed by atoms with Crippen LogP contribution in [0.3, 0.4) is 0 Å². The van der Waals surface area contributed by atoms with Crippen LogP contribution in [-0.4, -0.2) is 17.6 Å². The maximum atomic E-state index is 4.62. The van der Waals surface area contributed by atoms with Crippen molar-refractivity contribution in [2.45, 2.75) is 58.9 Å². The maximum Gasteiger partial charge on any atom is 0.0934 e. The molecule has 2 nitrogen and oxygen atoms in total. The number of nitrogens with zero attached hydrogens (tertiary/aromatic N) is 1. The third kappa shape index (κ3) is 3.52. The van der Waals surface area contributed by atoms with Gasteiger partial charge in [-0.1, -0.05) is 13.8 Å². The van der Waals surface area contributed by atoms with E-state index in [9.17, 15) is 0 Å². The van der Waals surface area contributed by atoms with Gasteiger partial charge in [0.2, 0.25) is 0 Å². The summed E-state index contributed by atoms with van der Waals surface area (Å²) < 4.78 is 0. The van der Waals surface area contributed by atoms with Crippen LogP contribution in [-0.2, 0) is 6.42 Å². The van der Waals surface area contributed by atoms with Gasteiger partial charge in [-0.2, -0.15) is 0 Å². The van der Waals surface area contributed by atoms with E-state index in [4.69, 9.17) is 0 Å². The fraction of sp³-hybridized carbons (Fsp3) is 0.786. The van der Waals surface area contributed by atoms with Gasteiger partial charge in [0.1, 0.15) is 0 Å². The van der Waals surface area contributed by atoms with Crippen molar-refractivity contribution in [1.82, 2.24) is 10.3 Å². The van der Waals surface area contributed by atoms with Gasteiger partial charge in [0, 0.05) is 30.1 Å². The van der Waals surface area contributed by atoms with E-state index in [2.05, 4.69) is 36.5 Å². The molecule has 2 rings (SSSR count). The first-order valence-electron chi connectivity index (χ1n) is 6.82. The van der Waals surface area contributed by atoms with Crippen LogP contribution in [0.4, 0.5) is 0 Å². The summed E-state index contributed by atoms with van der Waals surface area (Å²) in [7, 11) is 0. The predicted octanol–water partition coefficient (Wildman–Crippen LogP) is 3.55. The molecule has 1 N–H and O–H groups in total. The standard InChI is InChI=1S/C14H24N2S/c1-4-14(5-2,10-15-12-6-7-12)8-13-16-11(3)9-17-13/h9,12,15H,4-8,10H2,1-3H3. The highest BCUT2D eigenvalue weighted by atomic mass is 32.1. The van der Waals surface area contributed by atoms with Crippen molar-refractivity contribution in [2.24, 2.45) is 5.41 Å². The number of hydrogen-bond acceptors (Lipinski definition) is 3. The molecule has 0 unspecified atom stereocenters. The lowest BCUT2D eigenvalue weighted by Gasteiger charge is -2.31. The summed E-state index contributed by atoms with van der Waals surface area (Å²) in [4.78, 5) is 4.62. The summed E-state index contributed by atoms with van der Waals surface area (Å²) >= 11 is 1.82. The SMILES string of the molecule is CCC(CC)(CNC1CC1)Cc1nc(C)cs1. The number of aryl methyl sites for hydroxylation is 1. The lowest BCUT2D eigenvalue weighted by atomic mass is 9.79. The molecule has 17 heavy (non-hydrogen) atoms. The topological polar surface area (TPSA) is 24.9 Å². The number of thiazole rings is 1. The molecule has 0 saturated heterocycles. The van der Waals surface area contributed by atoms with Gasteiger partial charge in [-0.25, -0.2) is 4.98 Å². The Hall–Kier alpha value is -0.410. The zero-order valence-corrected chi connectivity index (χ0v) is 12.1. The molecule has 0 aliphatic heterocycles. The third-order valence-electron chi connectivity index (χ3n) is 4.04. The second-order valence-electron chi connectivity index (χ2n) is 5.42. The van der Waals surface area contributed by atoms with E-state index in [-0.39, 0.29) is 0 Å². The summed E-state index contributed by atoms with van der Waals surface area (Å²) in [5, 5.41) is 7.18. The molecule has 0 aromatic carbocycles. The summed E-state index contributed by atoms with van der Waals surface area (Å²) in [6, 6.07) is 0.811. The Bertz CT molecular complexity index is 351. The largest absolute Gasteiger partial charge is 0.313 e. The molecule has 0 spiro atoms. The van der Waals surface area contributed by atoms with Crippen molar-refractivity contribution in [3.8, 4) is 0 Å². The van der Waals surface area contributed by atoms with E-state index in [1.165, 1.54) is 36.4 Å². The molecule has 0 radical (unpaired) electrons. The normalized spacial score (nSPS) is 16.4. The van der Waals surface area contributed by atoms with Crippen LogP contribution < -0.4 is 5.32 Å². The Morgan fingerprint density at radius 1 is 1.41 bits per heavy atom. The zero-order chi connectivity index (χ0) is 12.3. The van der Waals surface area contributed by atoms with Crippen LogP contribution in [0.1, 0.15) is 50.2 Å². The van der Waals surface area contributed by atoms with Crippen molar-refractivity contribution in [2.75, 3.05) is 6.54 Å². The van der Waals surface area contributed by atoms with E-state index in [1.807, 2.05) is 11.3 Å². The number of rotatable bonds is 7. The quantitative estimate of drug-likeness (QED) is 0.802. The summed E-state index contributed by atoms with van der Waals surface area (Å²) in [5.74, 6) is 0. The summed E-state index contributed by atoms with van der Waals surface area (Å²) in [6.07, 6.45) is 6.36. The summed E-state index contributed by atoms with van der Waals surface area (Å²) in [5.41, 5.74) is 1.58. The molecule has 1 aliphatic rings. The van der Waals surface area contributed by atoms with Crippen molar-refractivity contribution in [3.05, 3.63) is 16.1 Å². The molecule has 1 fully saturated rings. The highest BCUT2D eigenvalue weighted by Gasteiger charge is 2.30. The van der Waals surface area contributed by atoms with Crippen LogP contribution >= 0.6 is 11.3 Å². The molecule has 0 amide bonds. The molecule has 3 heteroatoms. The van der Waals surface area contributed by atoms with Gasteiger partial charge in [-0.15, -0.1) is 11.3 Å². The first-order valence-corrected chi connectivity index (χ1v) is 7.70. The van der Waals surface area contributed by atoms with Gasteiger partial charge < -0.3 is 5.32 Å². The Balaban J connectivity index is 1.98. The molecule has 1 saturated carbocycles. The maximum absolute atomic E-state index is 4.62. The fourth-order valence-corrected chi connectivity index (χ4v) is 3.21. The van der Waals surface area contributed by atoms with Gasteiger partial charge in [0.15, 0.2) is 0 Å². The van der Waals surface area contributed by atoms with Crippen molar-refractivity contribution in [3.63, 3.8) is 0 Å². The predicted molar refractivity (Wildman–Crippen MR) is 74.6 cm³/mol. The Morgan fingerprint density at radius 2 is 2.12 bits per heavy atom. The molecule has 1 heterocycles. The molecular formula is C14H24N2S. The minimum atomic E-state index is 0.410. The molecule has 96 valence electrons. The second-order valence-corrected chi connectivity index (χ2v) is 6.36. The average molecular weight is 252 g/mol. The first-order chi connectivity index (χ1) is 8.17. The minimum Gasteiger partial charge on any atom is -0.313 e. The third-order valence-corrected chi connectivity index (χ3v) is 5.00. The van der Waals surface area contributed by atoms with Crippen molar-refractivity contribution in [1.29, 1.82) is 0 Å². The van der Waals surface area contributed by atoms with Gasteiger partial charge in [-0.05, 0) is 38.0 Å². The first kappa shape index (κ1) is 13.0. The van der Waals surface area contributed by atoms with E-state index >= 15 is 0 Å². The van der Waals surface area contributed by atoms with Crippen molar-refractivity contribution < 1.29 is 0 Å². The summed E-state index contributed by atoms with van der Waals surface area (Å²) in [6.45, 7) is 7.88. The van der Waals surface area contributed by atoms with Gasteiger partial charge in [-0.3, -0.25) is 0 Å². The minimum absolute atomic E-state index is 0.410. The van der Waals surface area contributed by atoms with Gasteiger partial charge >= 0.3 is 0 Å². The molecule has 1 aromatic rings. The highest BCUT2D eigenvalue weighted by Crippen LogP contribution is 2.32. The van der Waals surface area contributed by atoms with Crippen molar-refractivity contribution >= 4 is 11.3 Å². The number of nitrogens with one attached hydrogen (secondary N) is 1. The molecule has 0 atom stereocenters. The Labute approximate surface area is 109 Å². The van der Waals surface area contributed by atoms with Gasteiger partial charge in [0.25, 0.3) is 0 Å². The smallest absolute Gasteiger partial charge is 0.0934 e. The van der Waals surface area contributed by atoms with Crippen LogP contribution in [0, 0.1) is 12.3 Å². The lowest BCUT2D eigenvalue weighted by Crippen LogP contribution is -2.36. The second kappa shape index (κ2) is 5.49. The zero-order valence-electron chi connectivity index (χ0n) is 11.3. The Kier molecular flexibility index (Phi) is 4.21. The van der Waals surface area contributed by atoms with Crippen LogP contribution in [0.25, 0.3) is 0 Å². The average Bonchev–Trinajstić information content (AvgIpc) is 3.08. The van der Waals surface area contributed by atoms with E-state index in [0.717, 1.165) is 19.0 Å². The van der Waals surface area contributed by atoms with Crippen LogP contribution in [0.15, 0.2) is 5.38 Å². The van der Waals surface area contributed by atoms with Crippen LogP contribution in [0.2, 0.25) is 0 Å². The molecule has 1 aliphatic carbocycles. The highest BCUT2D eigenvalue weighted by molar-refractivity contribution is 7.09. The molecule has 1 aromatic heterocycles. The monoisotopic (exact) mass is 252 g/mol. The number of aromatic nitrogens is 1. The van der Waals surface area contributed by atoms with E-state index < -0.39 is 0 Å². The lowest BCUT2D eigenvalue weighted by molar-refractivity contribution is 0.245. The Morgan fingerprint density at radius 3 is 2.59 bits per heavy atom.